The highest BCUT2D eigenvalue weighted by Gasteiger charge is 2.29. The first-order valence-electron chi connectivity index (χ1n) is 8.89. The maximum Gasteiger partial charge on any atom is 0.238 e. The normalized spacial score (nSPS) is 19.4. The molecule has 4 N–H and O–H groups in total. The van der Waals surface area contributed by atoms with Crippen molar-refractivity contribution in [3.63, 3.8) is 0 Å². The van der Waals surface area contributed by atoms with E-state index in [2.05, 4.69) is 47.4 Å². The molecule has 2 atom stereocenters. The first-order valence-corrected chi connectivity index (χ1v) is 9.87. The van der Waals surface area contributed by atoms with Crippen LogP contribution in [-0.2, 0) is 4.79 Å². The summed E-state index contributed by atoms with van der Waals surface area (Å²) in [5.41, 5.74) is 8.54. The molecular weight excluding hydrogens is 346 g/mol. The number of aryl methyl sites for hydroxylation is 1. The Morgan fingerprint density at radius 1 is 1.15 bits per heavy atom. The van der Waals surface area contributed by atoms with E-state index >= 15 is 0 Å². The molecule has 1 aliphatic rings. The van der Waals surface area contributed by atoms with Crippen LogP contribution in [0.5, 0.6) is 5.75 Å². The lowest BCUT2D eigenvalue weighted by atomic mass is 10.0. The third kappa shape index (κ3) is 5.24. The van der Waals surface area contributed by atoms with Crippen LogP contribution in [0.1, 0.15) is 30.0 Å². The Balaban J connectivity index is 1.35. The maximum absolute atomic E-state index is 12.3. The van der Waals surface area contributed by atoms with Crippen LogP contribution in [0.25, 0.3) is 0 Å². The number of carbonyl (C=O) groups excluding carboxylic acids is 1. The molecule has 2 unspecified atom stereocenters. The van der Waals surface area contributed by atoms with Gasteiger partial charge in [-0.3, -0.25) is 4.79 Å². The van der Waals surface area contributed by atoms with Crippen molar-refractivity contribution in [1.82, 2.24) is 16.2 Å². The molecule has 0 spiro atoms. The van der Waals surface area contributed by atoms with Crippen molar-refractivity contribution >= 4 is 17.7 Å². The van der Waals surface area contributed by atoms with Crippen molar-refractivity contribution in [2.24, 2.45) is 0 Å². The van der Waals surface area contributed by atoms with Gasteiger partial charge in [-0.15, -0.1) is 11.8 Å². The predicted molar refractivity (Wildman–Crippen MR) is 105 cm³/mol. The number of phenols is 1. The minimum absolute atomic E-state index is 0.0270. The minimum Gasteiger partial charge on any atom is -0.508 e. The number of hydrogen-bond donors (Lipinski definition) is 4. The number of aromatic hydroxyl groups is 1. The number of thioether (sulfide) groups is 1. The lowest BCUT2D eigenvalue weighted by molar-refractivity contribution is -0.122. The minimum atomic E-state index is -0.237. The van der Waals surface area contributed by atoms with Gasteiger partial charge in [0.25, 0.3) is 0 Å². The fourth-order valence-electron chi connectivity index (χ4n) is 2.88. The van der Waals surface area contributed by atoms with Crippen LogP contribution < -0.4 is 16.2 Å². The van der Waals surface area contributed by atoms with Crippen molar-refractivity contribution in [1.29, 1.82) is 0 Å². The standard InChI is InChI=1S/C20H25N3O2S/c1-14-3-9-17(10-4-14)26-12-2-11-21-20(25)19-13-18(22-23-19)15-5-7-16(24)8-6-15/h3-10,18-19,22-24H,2,11-13H2,1H3,(H,21,25). The van der Waals surface area contributed by atoms with E-state index in [0.29, 0.717) is 13.0 Å². The Morgan fingerprint density at radius 2 is 1.88 bits per heavy atom. The molecule has 2 aromatic carbocycles. The monoisotopic (exact) mass is 371 g/mol. The van der Waals surface area contributed by atoms with E-state index in [1.807, 2.05) is 23.9 Å². The molecule has 0 radical (unpaired) electrons. The van der Waals surface area contributed by atoms with Gasteiger partial charge in [0.2, 0.25) is 5.91 Å². The average molecular weight is 372 g/mol. The number of hydrazine groups is 1. The number of carbonyl (C=O) groups is 1. The fourth-order valence-corrected chi connectivity index (χ4v) is 3.74. The third-order valence-corrected chi connectivity index (χ3v) is 5.52. The van der Waals surface area contributed by atoms with Gasteiger partial charge < -0.3 is 10.4 Å². The molecule has 26 heavy (non-hydrogen) atoms. The van der Waals surface area contributed by atoms with Crippen LogP contribution in [0.3, 0.4) is 0 Å². The summed E-state index contributed by atoms with van der Waals surface area (Å²) in [6.45, 7) is 2.77. The molecule has 1 heterocycles. The molecule has 0 aliphatic carbocycles. The molecule has 0 saturated carbocycles. The van der Waals surface area contributed by atoms with Crippen LogP contribution in [0, 0.1) is 6.92 Å². The highest BCUT2D eigenvalue weighted by Crippen LogP contribution is 2.24. The summed E-state index contributed by atoms with van der Waals surface area (Å²) in [7, 11) is 0. The van der Waals surface area contributed by atoms with Gasteiger partial charge >= 0.3 is 0 Å². The SMILES string of the molecule is Cc1ccc(SCCCNC(=O)C2CC(c3ccc(O)cc3)NN2)cc1. The van der Waals surface area contributed by atoms with Crippen LogP contribution in [0.4, 0.5) is 0 Å². The van der Waals surface area contributed by atoms with Gasteiger partial charge in [0.05, 0.1) is 0 Å². The molecule has 3 rings (SSSR count). The van der Waals surface area contributed by atoms with Crippen molar-refractivity contribution in [2.75, 3.05) is 12.3 Å². The van der Waals surface area contributed by atoms with Gasteiger partial charge in [-0.25, -0.2) is 10.9 Å². The zero-order chi connectivity index (χ0) is 18.4. The summed E-state index contributed by atoms with van der Waals surface area (Å²) in [5.74, 6) is 1.26. The number of nitrogens with one attached hydrogen (secondary N) is 3. The number of benzene rings is 2. The summed E-state index contributed by atoms with van der Waals surface area (Å²) >= 11 is 1.81. The zero-order valence-corrected chi connectivity index (χ0v) is 15.7. The van der Waals surface area contributed by atoms with Gasteiger partial charge in [0, 0.05) is 17.5 Å². The molecule has 1 saturated heterocycles. The summed E-state index contributed by atoms with van der Waals surface area (Å²) in [6.07, 6.45) is 1.63. The van der Waals surface area contributed by atoms with Crippen LogP contribution in [-0.4, -0.2) is 29.4 Å². The van der Waals surface area contributed by atoms with Gasteiger partial charge in [-0.1, -0.05) is 29.8 Å². The van der Waals surface area contributed by atoms with Gasteiger partial charge in [0.1, 0.15) is 11.8 Å². The Morgan fingerprint density at radius 3 is 2.62 bits per heavy atom. The summed E-state index contributed by atoms with van der Waals surface area (Å²) in [5, 5.41) is 12.4. The molecule has 1 aliphatic heterocycles. The van der Waals surface area contributed by atoms with E-state index in [9.17, 15) is 9.90 Å². The second kappa shape index (κ2) is 9.07. The number of phenolic OH excluding ortho intramolecular Hbond substituents is 1. The van der Waals surface area contributed by atoms with Crippen LogP contribution >= 0.6 is 11.8 Å². The van der Waals surface area contributed by atoms with Crippen molar-refractivity contribution in [3.05, 3.63) is 59.7 Å². The van der Waals surface area contributed by atoms with Crippen molar-refractivity contribution < 1.29 is 9.90 Å². The highest BCUT2D eigenvalue weighted by atomic mass is 32.2. The number of rotatable bonds is 7. The molecule has 138 valence electrons. The summed E-state index contributed by atoms with van der Waals surface area (Å²) in [6, 6.07) is 15.4. The van der Waals surface area contributed by atoms with Gasteiger partial charge in [-0.05, 0) is 55.3 Å². The maximum atomic E-state index is 12.3. The lowest BCUT2D eigenvalue weighted by Gasteiger charge is -2.11. The smallest absolute Gasteiger partial charge is 0.238 e. The molecular formula is C20H25N3O2S. The zero-order valence-electron chi connectivity index (χ0n) is 14.9. The second-order valence-corrected chi connectivity index (χ2v) is 7.70. The molecule has 2 aromatic rings. The Bertz CT molecular complexity index is 719. The topological polar surface area (TPSA) is 73.4 Å². The van der Waals surface area contributed by atoms with E-state index < -0.39 is 0 Å². The van der Waals surface area contributed by atoms with Gasteiger partial charge in [0.15, 0.2) is 0 Å². The van der Waals surface area contributed by atoms with E-state index in [-0.39, 0.29) is 23.7 Å². The Labute approximate surface area is 158 Å². The molecule has 5 nitrogen and oxygen atoms in total. The number of hydrogen-bond acceptors (Lipinski definition) is 5. The summed E-state index contributed by atoms with van der Waals surface area (Å²) < 4.78 is 0. The highest BCUT2D eigenvalue weighted by molar-refractivity contribution is 7.99. The van der Waals surface area contributed by atoms with Crippen LogP contribution in [0.15, 0.2) is 53.4 Å². The molecule has 6 heteroatoms. The molecule has 1 fully saturated rings. The molecule has 0 aromatic heterocycles. The van der Waals surface area contributed by atoms with E-state index in [4.69, 9.17) is 0 Å². The second-order valence-electron chi connectivity index (χ2n) is 6.53. The average Bonchev–Trinajstić information content (AvgIpc) is 3.14. The largest absolute Gasteiger partial charge is 0.508 e. The summed E-state index contributed by atoms with van der Waals surface area (Å²) in [4.78, 5) is 13.6. The van der Waals surface area contributed by atoms with E-state index in [1.165, 1.54) is 10.5 Å². The van der Waals surface area contributed by atoms with Crippen molar-refractivity contribution in [3.8, 4) is 5.75 Å². The van der Waals surface area contributed by atoms with E-state index in [0.717, 1.165) is 17.7 Å². The van der Waals surface area contributed by atoms with E-state index in [1.54, 1.807) is 12.1 Å². The lowest BCUT2D eigenvalue weighted by Crippen LogP contribution is -2.43. The first kappa shape index (κ1) is 18.8. The van der Waals surface area contributed by atoms with Crippen LogP contribution in [0.2, 0.25) is 0 Å². The predicted octanol–water partition coefficient (Wildman–Crippen LogP) is 2.91. The quantitative estimate of drug-likeness (QED) is 0.445. The number of amides is 1. The fraction of sp³-hybridized carbons (Fsp3) is 0.350. The third-order valence-electron chi connectivity index (χ3n) is 4.43. The molecule has 0 bridgehead atoms. The van der Waals surface area contributed by atoms with Crippen molar-refractivity contribution in [2.45, 2.75) is 36.7 Å². The molecule has 1 amide bonds. The Kier molecular flexibility index (Phi) is 6.55. The Hall–Kier alpha value is -2.02. The first-order chi connectivity index (χ1) is 12.6. The van der Waals surface area contributed by atoms with Gasteiger partial charge in [-0.2, -0.15) is 0 Å².